The van der Waals surface area contributed by atoms with E-state index in [4.69, 9.17) is 9.94 Å². The zero-order valence-electron chi connectivity index (χ0n) is 13.7. The summed E-state index contributed by atoms with van der Waals surface area (Å²) in [4.78, 5) is 27.9. The molecule has 0 aromatic heterocycles. The molecule has 128 valence electrons. The lowest BCUT2D eigenvalue weighted by molar-refractivity contribution is -0.293. The summed E-state index contributed by atoms with van der Waals surface area (Å²) in [5.74, 6) is -1.91. The Morgan fingerprint density at radius 2 is 1.82 bits per heavy atom. The summed E-state index contributed by atoms with van der Waals surface area (Å²) in [7, 11) is 0. The summed E-state index contributed by atoms with van der Waals surface area (Å²) in [6.07, 6.45) is -0.298. The maximum absolute atomic E-state index is 11.9. The average Bonchev–Trinajstić information content (AvgIpc) is 2.37. The first kappa shape index (κ1) is 18.9. The van der Waals surface area contributed by atoms with Gasteiger partial charge >= 0.3 is 11.9 Å². The number of hydroxylamine groups is 2. The fourth-order valence-corrected chi connectivity index (χ4v) is 3.42. The SMILES string of the molecule is CC1(C)CC(O)C(CCO)C(C)(C)N1OC(=O)CCC(=O)O. The lowest BCUT2D eigenvalue weighted by atomic mass is 9.71. The van der Waals surface area contributed by atoms with Crippen molar-refractivity contribution in [2.45, 2.75) is 70.6 Å². The van der Waals surface area contributed by atoms with Gasteiger partial charge < -0.3 is 20.2 Å². The van der Waals surface area contributed by atoms with E-state index in [1.165, 1.54) is 0 Å². The monoisotopic (exact) mass is 317 g/mol. The summed E-state index contributed by atoms with van der Waals surface area (Å²) in [6, 6.07) is 0. The van der Waals surface area contributed by atoms with Crippen LogP contribution in [0.1, 0.15) is 53.4 Å². The molecule has 1 heterocycles. The number of carboxylic acid groups (broad SMARTS) is 1. The molecule has 0 saturated carbocycles. The van der Waals surface area contributed by atoms with Gasteiger partial charge in [-0.2, -0.15) is 0 Å². The Balaban J connectivity index is 2.92. The van der Waals surface area contributed by atoms with Crippen molar-refractivity contribution in [1.82, 2.24) is 5.06 Å². The minimum Gasteiger partial charge on any atom is -0.481 e. The van der Waals surface area contributed by atoms with Crippen molar-refractivity contribution in [2.75, 3.05) is 6.61 Å². The Morgan fingerprint density at radius 1 is 1.23 bits per heavy atom. The molecule has 1 aliphatic heterocycles. The summed E-state index contributed by atoms with van der Waals surface area (Å²) in [5, 5.41) is 29.7. The van der Waals surface area contributed by atoms with Crippen LogP contribution in [0, 0.1) is 5.92 Å². The average molecular weight is 317 g/mol. The van der Waals surface area contributed by atoms with Crippen LogP contribution in [0.25, 0.3) is 0 Å². The minimum absolute atomic E-state index is 0.0631. The van der Waals surface area contributed by atoms with Crippen molar-refractivity contribution in [1.29, 1.82) is 0 Å². The van der Waals surface area contributed by atoms with Gasteiger partial charge in [0.2, 0.25) is 0 Å². The molecule has 0 spiro atoms. The molecule has 1 rings (SSSR count). The maximum atomic E-state index is 11.9. The zero-order valence-corrected chi connectivity index (χ0v) is 13.7. The van der Waals surface area contributed by atoms with Gasteiger partial charge in [0.05, 0.1) is 30.0 Å². The highest BCUT2D eigenvalue weighted by atomic mass is 16.7. The number of piperidine rings is 1. The van der Waals surface area contributed by atoms with Crippen LogP contribution in [-0.4, -0.2) is 56.1 Å². The van der Waals surface area contributed by atoms with Gasteiger partial charge in [-0.05, 0) is 40.5 Å². The highest BCUT2D eigenvalue weighted by Crippen LogP contribution is 2.43. The van der Waals surface area contributed by atoms with Gasteiger partial charge in [-0.3, -0.25) is 9.59 Å². The molecule has 2 unspecified atom stereocenters. The van der Waals surface area contributed by atoms with E-state index < -0.39 is 29.1 Å². The molecular formula is C15H27NO6. The highest BCUT2D eigenvalue weighted by Gasteiger charge is 2.53. The standard InChI is InChI=1S/C15H27NO6/c1-14(2)9-11(18)10(7-8-17)15(3,4)16(14)22-13(21)6-5-12(19)20/h10-11,17-18H,5-9H2,1-4H3,(H,19,20). The zero-order chi connectivity index (χ0) is 17.1. The van der Waals surface area contributed by atoms with Gasteiger partial charge in [-0.1, -0.05) is 0 Å². The maximum Gasteiger partial charge on any atom is 0.325 e. The molecule has 0 bridgehead atoms. The van der Waals surface area contributed by atoms with Crippen LogP contribution < -0.4 is 0 Å². The third-order valence-corrected chi connectivity index (χ3v) is 4.33. The number of aliphatic hydroxyl groups is 2. The highest BCUT2D eigenvalue weighted by molar-refractivity contribution is 5.76. The van der Waals surface area contributed by atoms with Crippen LogP contribution in [0.3, 0.4) is 0 Å². The molecule has 1 fully saturated rings. The van der Waals surface area contributed by atoms with Crippen molar-refractivity contribution in [3.63, 3.8) is 0 Å². The normalized spacial score (nSPS) is 27.4. The number of hydrogen-bond acceptors (Lipinski definition) is 6. The number of aliphatic hydroxyl groups excluding tert-OH is 2. The lowest BCUT2D eigenvalue weighted by Crippen LogP contribution is -2.66. The quantitative estimate of drug-likeness (QED) is 0.669. The van der Waals surface area contributed by atoms with Crippen LogP contribution in [0.4, 0.5) is 0 Å². The second kappa shape index (κ2) is 6.93. The van der Waals surface area contributed by atoms with E-state index in [2.05, 4.69) is 0 Å². The summed E-state index contributed by atoms with van der Waals surface area (Å²) < 4.78 is 0. The van der Waals surface area contributed by atoms with Gasteiger partial charge in [-0.15, -0.1) is 5.06 Å². The molecular weight excluding hydrogens is 290 g/mol. The predicted molar refractivity (Wildman–Crippen MR) is 78.8 cm³/mol. The Morgan fingerprint density at radius 3 is 2.32 bits per heavy atom. The third kappa shape index (κ3) is 4.18. The molecule has 0 amide bonds. The van der Waals surface area contributed by atoms with Crippen molar-refractivity contribution in [3.05, 3.63) is 0 Å². The molecule has 2 atom stereocenters. The Bertz CT molecular complexity index is 420. The van der Waals surface area contributed by atoms with E-state index in [1.807, 2.05) is 27.7 Å². The van der Waals surface area contributed by atoms with E-state index >= 15 is 0 Å². The van der Waals surface area contributed by atoms with Crippen molar-refractivity contribution < 1.29 is 29.7 Å². The first-order valence-electron chi connectivity index (χ1n) is 7.54. The van der Waals surface area contributed by atoms with E-state index in [1.54, 1.807) is 5.06 Å². The molecule has 7 nitrogen and oxygen atoms in total. The van der Waals surface area contributed by atoms with Gasteiger partial charge in [0, 0.05) is 12.5 Å². The topological polar surface area (TPSA) is 107 Å². The number of rotatable bonds is 6. The summed E-state index contributed by atoms with van der Waals surface area (Å²) in [6.45, 7) is 7.35. The Hall–Kier alpha value is -1.18. The lowest BCUT2D eigenvalue weighted by Gasteiger charge is -2.56. The predicted octanol–water partition coefficient (Wildman–Crippen LogP) is 0.932. The molecule has 1 aliphatic rings. The number of aliphatic carboxylic acids is 1. The first-order valence-corrected chi connectivity index (χ1v) is 7.54. The number of hydrogen-bond donors (Lipinski definition) is 3. The van der Waals surface area contributed by atoms with E-state index in [-0.39, 0.29) is 25.4 Å². The first-order chi connectivity index (χ1) is 10.0. The van der Waals surface area contributed by atoms with Gasteiger partial charge in [-0.25, -0.2) is 0 Å². The summed E-state index contributed by atoms with van der Waals surface area (Å²) >= 11 is 0. The largest absolute Gasteiger partial charge is 0.481 e. The van der Waals surface area contributed by atoms with E-state index in [0.717, 1.165) is 0 Å². The molecule has 0 aromatic rings. The molecule has 3 N–H and O–H groups in total. The molecule has 0 aromatic carbocycles. The van der Waals surface area contributed by atoms with Crippen molar-refractivity contribution >= 4 is 11.9 Å². The number of carbonyl (C=O) groups is 2. The van der Waals surface area contributed by atoms with Crippen LogP contribution in [-0.2, 0) is 14.4 Å². The Kier molecular flexibility index (Phi) is 5.95. The van der Waals surface area contributed by atoms with Crippen LogP contribution in [0.2, 0.25) is 0 Å². The number of carboxylic acids is 1. The van der Waals surface area contributed by atoms with Crippen LogP contribution >= 0.6 is 0 Å². The fraction of sp³-hybridized carbons (Fsp3) is 0.867. The number of carbonyl (C=O) groups excluding carboxylic acids is 1. The minimum atomic E-state index is -1.05. The molecule has 1 saturated heterocycles. The molecule has 22 heavy (non-hydrogen) atoms. The molecule has 7 heteroatoms. The van der Waals surface area contributed by atoms with Crippen molar-refractivity contribution in [2.24, 2.45) is 5.92 Å². The fourth-order valence-electron chi connectivity index (χ4n) is 3.42. The van der Waals surface area contributed by atoms with Crippen molar-refractivity contribution in [3.8, 4) is 0 Å². The van der Waals surface area contributed by atoms with Crippen LogP contribution in [0.15, 0.2) is 0 Å². The van der Waals surface area contributed by atoms with Gasteiger partial charge in [0.25, 0.3) is 0 Å². The van der Waals surface area contributed by atoms with Gasteiger partial charge in [0.1, 0.15) is 0 Å². The summed E-state index contributed by atoms with van der Waals surface area (Å²) in [5.41, 5.74) is -1.27. The second-order valence-electron chi connectivity index (χ2n) is 7.01. The van der Waals surface area contributed by atoms with E-state index in [0.29, 0.717) is 12.8 Å². The van der Waals surface area contributed by atoms with Crippen LogP contribution in [0.5, 0.6) is 0 Å². The van der Waals surface area contributed by atoms with Gasteiger partial charge in [0.15, 0.2) is 0 Å². The Labute approximate surface area is 130 Å². The molecule has 0 aliphatic carbocycles. The molecule has 0 radical (unpaired) electrons. The second-order valence-corrected chi connectivity index (χ2v) is 7.01. The smallest absolute Gasteiger partial charge is 0.325 e. The third-order valence-electron chi connectivity index (χ3n) is 4.33. The van der Waals surface area contributed by atoms with E-state index in [9.17, 15) is 19.8 Å². The number of nitrogens with zero attached hydrogens (tertiary/aromatic N) is 1.